The van der Waals surface area contributed by atoms with Crippen molar-refractivity contribution >= 4 is 17.3 Å². The summed E-state index contributed by atoms with van der Waals surface area (Å²) in [4.78, 5) is 10.7. The van der Waals surface area contributed by atoms with Gasteiger partial charge in [0.15, 0.2) is 6.19 Å². The molecule has 0 fully saturated rings. The van der Waals surface area contributed by atoms with E-state index in [9.17, 15) is 0 Å². The highest BCUT2D eigenvalue weighted by molar-refractivity contribution is 5.62. The third kappa shape index (κ3) is 2.99. The molecule has 96 valence electrons. The number of aryl methyl sites for hydroxylation is 1. The maximum absolute atomic E-state index is 8.68. The number of hydrogen-bond acceptors (Lipinski definition) is 5. The molecule has 0 bridgehead atoms. The number of para-hydroxylation sites is 1. The van der Waals surface area contributed by atoms with Crippen molar-refractivity contribution in [2.75, 3.05) is 16.8 Å². The second-order valence-corrected chi connectivity index (χ2v) is 3.98. The lowest BCUT2D eigenvalue weighted by molar-refractivity contribution is 0.953. The van der Waals surface area contributed by atoms with Gasteiger partial charge in [0.05, 0.1) is 0 Å². The zero-order valence-corrected chi connectivity index (χ0v) is 11.0. The van der Waals surface area contributed by atoms with Crippen LogP contribution in [0.25, 0.3) is 0 Å². The van der Waals surface area contributed by atoms with Crippen LogP contribution in [0.1, 0.15) is 12.7 Å². The van der Waals surface area contributed by atoms with E-state index in [0.717, 1.165) is 18.1 Å². The number of aromatic nitrogens is 2. The topological polar surface area (TPSA) is 64.8 Å². The van der Waals surface area contributed by atoms with E-state index in [1.54, 1.807) is 6.07 Å². The Kier molecular flexibility index (Phi) is 3.94. The maximum atomic E-state index is 8.68. The first-order valence-corrected chi connectivity index (χ1v) is 6.08. The molecule has 5 heteroatoms. The van der Waals surface area contributed by atoms with Crippen LogP contribution in [-0.4, -0.2) is 16.5 Å². The molecular weight excluding hydrogens is 238 g/mol. The smallest absolute Gasteiger partial charge is 0.182 e. The van der Waals surface area contributed by atoms with Crippen molar-refractivity contribution in [1.29, 1.82) is 5.26 Å². The number of hydrogen-bond donors (Lipinski definition) is 1. The molecule has 0 aliphatic heterocycles. The number of anilines is 3. The molecule has 0 saturated carbocycles. The fourth-order valence-corrected chi connectivity index (χ4v) is 1.90. The predicted octanol–water partition coefficient (Wildman–Crippen LogP) is 2.84. The van der Waals surface area contributed by atoms with Crippen molar-refractivity contribution in [3.05, 3.63) is 42.2 Å². The molecule has 1 aromatic heterocycles. The van der Waals surface area contributed by atoms with Crippen LogP contribution in [-0.2, 0) is 0 Å². The first kappa shape index (κ1) is 12.8. The Balaban J connectivity index is 2.41. The van der Waals surface area contributed by atoms with E-state index in [-0.39, 0.29) is 0 Å². The lowest BCUT2D eigenvalue weighted by Crippen LogP contribution is -2.18. The van der Waals surface area contributed by atoms with Gasteiger partial charge in [-0.25, -0.2) is 9.97 Å². The highest BCUT2D eigenvalue weighted by Gasteiger charge is 2.10. The molecule has 0 unspecified atom stereocenters. The molecule has 0 radical (unpaired) electrons. The molecule has 0 amide bonds. The monoisotopic (exact) mass is 253 g/mol. The molecule has 0 saturated heterocycles. The van der Waals surface area contributed by atoms with Crippen molar-refractivity contribution < 1.29 is 0 Å². The average molecular weight is 253 g/mol. The van der Waals surface area contributed by atoms with Gasteiger partial charge in [0.1, 0.15) is 17.5 Å². The normalized spacial score (nSPS) is 9.74. The summed E-state index contributed by atoms with van der Waals surface area (Å²) in [6.45, 7) is 4.65. The van der Waals surface area contributed by atoms with E-state index < -0.39 is 0 Å². The van der Waals surface area contributed by atoms with Crippen molar-refractivity contribution in [3.63, 3.8) is 0 Å². The Morgan fingerprint density at radius 3 is 2.63 bits per heavy atom. The Labute approximate surface area is 112 Å². The number of nitriles is 1. The minimum absolute atomic E-state index is 0.513. The van der Waals surface area contributed by atoms with Gasteiger partial charge in [-0.2, -0.15) is 5.26 Å². The number of rotatable bonds is 4. The fourth-order valence-electron chi connectivity index (χ4n) is 1.90. The third-order valence-corrected chi connectivity index (χ3v) is 2.67. The van der Waals surface area contributed by atoms with E-state index in [1.807, 2.05) is 43.4 Å². The van der Waals surface area contributed by atoms with E-state index in [4.69, 9.17) is 5.26 Å². The van der Waals surface area contributed by atoms with Gasteiger partial charge in [0.2, 0.25) is 0 Å². The first-order valence-electron chi connectivity index (χ1n) is 6.08. The maximum Gasteiger partial charge on any atom is 0.182 e. The molecule has 0 atom stereocenters. The van der Waals surface area contributed by atoms with Crippen LogP contribution in [0.4, 0.5) is 17.3 Å². The molecule has 19 heavy (non-hydrogen) atoms. The molecule has 2 aromatic rings. The Hall–Kier alpha value is -2.61. The van der Waals surface area contributed by atoms with Gasteiger partial charge in [0, 0.05) is 18.3 Å². The highest BCUT2D eigenvalue weighted by atomic mass is 15.2. The van der Waals surface area contributed by atoms with E-state index in [1.165, 1.54) is 0 Å². The predicted molar refractivity (Wildman–Crippen MR) is 75.1 cm³/mol. The van der Waals surface area contributed by atoms with Crippen LogP contribution in [0.2, 0.25) is 0 Å². The SMILES string of the molecule is CCN(c1ccccc1)c1cc(NC#N)nc(C)n1. The summed E-state index contributed by atoms with van der Waals surface area (Å²) in [5.74, 6) is 1.92. The molecule has 5 nitrogen and oxygen atoms in total. The molecule has 2 rings (SSSR count). The summed E-state index contributed by atoms with van der Waals surface area (Å²) in [5.41, 5.74) is 1.06. The Morgan fingerprint density at radius 2 is 2.00 bits per heavy atom. The summed E-state index contributed by atoms with van der Waals surface area (Å²) in [5, 5.41) is 11.2. The lowest BCUT2D eigenvalue weighted by Gasteiger charge is -2.22. The summed E-state index contributed by atoms with van der Waals surface area (Å²) in [6.07, 6.45) is 1.88. The highest BCUT2D eigenvalue weighted by Crippen LogP contribution is 2.24. The number of nitrogens with zero attached hydrogens (tertiary/aromatic N) is 4. The Morgan fingerprint density at radius 1 is 1.26 bits per heavy atom. The summed E-state index contributed by atoms with van der Waals surface area (Å²) in [6, 6.07) is 11.8. The first-order chi connectivity index (χ1) is 9.24. The van der Waals surface area contributed by atoms with Crippen molar-refractivity contribution in [3.8, 4) is 6.19 Å². The molecule has 1 N–H and O–H groups in total. The summed E-state index contributed by atoms with van der Waals surface area (Å²) in [7, 11) is 0. The molecule has 0 aliphatic rings. The minimum atomic E-state index is 0.513. The van der Waals surface area contributed by atoms with Gasteiger partial charge >= 0.3 is 0 Å². The zero-order valence-electron chi connectivity index (χ0n) is 11.0. The minimum Gasteiger partial charge on any atom is -0.326 e. The largest absolute Gasteiger partial charge is 0.326 e. The number of nitrogens with one attached hydrogen (secondary N) is 1. The molecule has 0 spiro atoms. The second kappa shape index (κ2) is 5.83. The standard InChI is InChI=1S/C14H15N5/c1-3-19(12-7-5-4-6-8-12)14-9-13(16-10-15)17-11(2)18-14/h4-9H,3H2,1-2H3,(H,16,17,18). The van der Waals surface area contributed by atoms with Gasteiger partial charge in [-0.1, -0.05) is 18.2 Å². The lowest BCUT2D eigenvalue weighted by atomic mass is 10.3. The zero-order chi connectivity index (χ0) is 13.7. The van der Waals surface area contributed by atoms with Crippen molar-refractivity contribution in [2.45, 2.75) is 13.8 Å². The second-order valence-electron chi connectivity index (χ2n) is 3.98. The van der Waals surface area contributed by atoms with Gasteiger partial charge in [-0.15, -0.1) is 0 Å². The number of benzene rings is 1. The van der Waals surface area contributed by atoms with Gasteiger partial charge in [0.25, 0.3) is 0 Å². The van der Waals surface area contributed by atoms with Crippen molar-refractivity contribution in [2.24, 2.45) is 0 Å². The van der Waals surface area contributed by atoms with Crippen LogP contribution in [0.5, 0.6) is 0 Å². The molecular formula is C14H15N5. The van der Waals surface area contributed by atoms with Crippen LogP contribution in [0, 0.1) is 18.4 Å². The van der Waals surface area contributed by atoms with E-state index in [0.29, 0.717) is 11.6 Å². The van der Waals surface area contributed by atoms with E-state index >= 15 is 0 Å². The van der Waals surface area contributed by atoms with Gasteiger partial charge < -0.3 is 4.90 Å². The van der Waals surface area contributed by atoms with Crippen LogP contribution >= 0.6 is 0 Å². The van der Waals surface area contributed by atoms with Gasteiger partial charge in [-0.05, 0) is 26.0 Å². The summed E-state index contributed by atoms with van der Waals surface area (Å²) < 4.78 is 0. The van der Waals surface area contributed by atoms with Crippen LogP contribution < -0.4 is 10.2 Å². The quantitative estimate of drug-likeness (QED) is 0.670. The molecule has 1 heterocycles. The molecule has 0 aliphatic carbocycles. The van der Waals surface area contributed by atoms with Gasteiger partial charge in [-0.3, -0.25) is 5.32 Å². The Bertz CT molecular complexity index is 589. The fraction of sp³-hybridized carbons (Fsp3) is 0.214. The summed E-state index contributed by atoms with van der Waals surface area (Å²) >= 11 is 0. The van der Waals surface area contributed by atoms with Crippen molar-refractivity contribution in [1.82, 2.24) is 9.97 Å². The average Bonchev–Trinajstić information content (AvgIpc) is 2.40. The van der Waals surface area contributed by atoms with E-state index in [2.05, 4.69) is 27.1 Å². The van der Waals surface area contributed by atoms with Crippen LogP contribution in [0.15, 0.2) is 36.4 Å². The molecule has 1 aromatic carbocycles. The van der Waals surface area contributed by atoms with Crippen LogP contribution in [0.3, 0.4) is 0 Å². The third-order valence-electron chi connectivity index (χ3n) is 2.67.